The molecular weight excluding hydrogens is 543 g/mol. The molecule has 32 heavy (non-hydrogen) atoms. The van der Waals surface area contributed by atoms with E-state index in [2.05, 4.69) is 30.3 Å². The maximum absolute atomic E-state index is 13.7. The minimum atomic E-state index is -6.01. The third-order valence-corrected chi connectivity index (χ3v) is 7.57. The van der Waals surface area contributed by atoms with Crippen LogP contribution in [-0.4, -0.2) is 52.8 Å². The molecule has 0 aliphatic carbocycles. The van der Waals surface area contributed by atoms with Crippen molar-refractivity contribution in [3.8, 4) is 0 Å². The summed E-state index contributed by atoms with van der Waals surface area (Å²) in [5.74, 6) is -5.09. The van der Waals surface area contributed by atoms with Crippen LogP contribution in [0.15, 0.2) is 6.20 Å². The molecule has 1 aliphatic rings. The number of hydrogen-bond acceptors (Lipinski definition) is 11. The zero-order valence-corrected chi connectivity index (χ0v) is 18.2. The van der Waals surface area contributed by atoms with Crippen molar-refractivity contribution in [2.24, 2.45) is 5.92 Å². The first-order chi connectivity index (χ1) is 14.2. The molecule has 0 amide bonds. The Morgan fingerprint density at radius 1 is 1.16 bits per heavy atom. The lowest BCUT2D eigenvalue weighted by Gasteiger charge is -2.24. The second kappa shape index (κ2) is 9.07. The van der Waals surface area contributed by atoms with Gasteiger partial charge in [0.2, 0.25) is 4.77 Å². The average molecular weight is 555 g/mol. The van der Waals surface area contributed by atoms with E-state index in [9.17, 15) is 41.3 Å². The zero-order valence-electron chi connectivity index (χ0n) is 14.7. The molecule has 1 aliphatic heterocycles. The Hall–Kier alpha value is -0.850. The number of phosphoric ester groups is 1. The normalized spacial score (nSPS) is 28.3. The largest absolute Gasteiger partial charge is 0.490 e. The van der Waals surface area contributed by atoms with Crippen molar-refractivity contribution >= 4 is 41.5 Å². The molecule has 0 radical (unpaired) electrons. The summed E-state index contributed by atoms with van der Waals surface area (Å²) >= 11 is 4.67. The first-order valence-electron chi connectivity index (χ1n) is 7.49. The van der Waals surface area contributed by atoms with E-state index in [0.717, 1.165) is 0 Å². The van der Waals surface area contributed by atoms with Crippen molar-refractivity contribution in [3.05, 3.63) is 16.8 Å². The Kier molecular flexibility index (Phi) is 7.76. The fraction of sp³-hybridized carbons (Fsp3) is 0.556. The van der Waals surface area contributed by atoms with Gasteiger partial charge in [-0.3, -0.25) is 9.09 Å². The number of alkyl halides is 3. The van der Waals surface area contributed by atoms with Gasteiger partial charge >= 0.3 is 29.6 Å². The van der Waals surface area contributed by atoms with Crippen molar-refractivity contribution in [3.63, 3.8) is 0 Å². The summed E-state index contributed by atoms with van der Waals surface area (Å²) in [5.41, 5.74) is 5.14. The van der Waals surface area contributed by atoms with Gasteiger partial charge in [-0.05, 0) is 12.2 Å². The van der Waals surface area contributed by atoms with E-state index in [4.69, 9.17) is 25.2 Å². The van der Waals surface area contributed by atoms with Crippen LogP contribution in [0, 0.1) is 16.5 Å². The molecule has 7 N–H and O–H groups in total. The van der Waals surface area contributed by atoms with Crippen LogP contribution in [0.5, 0.6) is 0 Å². The number of nitrogen functional groups attached to an aromatic ring is 1. The lowest BCUT2D eigenvalue weighted by atomic mass is 10.0. The van der Waals surface area contributed by atoms with Crippen LogP contribution in [-0.2, 0) is 31.6 Å². The number of ether oxygens (including phenoxy) is 1. The summed E-state index contributed by atoms with van der Waals surface area (Å²) in [4.78, 5) is 38.7. The quantitative estimate of drug-likeness (QED) is 0.157. The SMILES string of the molecule is Nc1nc(=S)n([C@@H]2O[C@H](OP(=O)(O)OP(=O)(O)OP(=O)(O)O)[C@H](O)C2C(F)(F)F)cc1F. The van der Waals surface area contributed by atoms with Crippen LogP contribution in [0.25, 0.3) is 0 Å². The minimum absolute atomic E-state index is 0.267. The molecule has 1 saturated heterocycles. The summed E-state index contributed by atoms with van der Waals surface area (Å²) < 4.78 is 103. The summed E-state index contributed by atoms with van der Waals surface area (Å²) in [6.45, 7) is 0. The number of hydrogen-bond donors (Lipinski definition) is 6. The van der Waals surface area contributed by atoms with Crippen LogP contribution < -0.4 is 5.73 Å². The summed E-state index contributed by atoms with van der Waals surface area (Å²) in [6.07, 6.45) is -13.0. The smallest absolute Gasteiger partial charge is 0.387 e. The topological polar surface area (TPSA) is 233 Å². The Labute approximate surface area is 178 Å². The Balaban J connectivity index is 2.36. The van der Waals surface area contributed by atoms with Crippen molar-refractivity contribution in [1.29, 1.82) is 0 Å². The van der Waals surface area contributed by atoms with Gasteiger partial charge in [-0.25, -0.2) is 18.1 Å². The van der Waals surface area contributed by atoms with Crippen LogP contribution in [0.3, 0.4) is 0 Å². The standard InChI is InChI=1S/C9H12F4N3O12P3S/c10-2-1-16(8(32)15-5(2)14)6-3(9(11,12)13)4(17)7(25-6)26-30(21,22)28-31(23,24)27-29(18,19)20/h1,3-4,6-7,17H,(H,21,22)(H,23,24)(H2,14,15,32)(H2,18,19,20)/t3?,4-,6-,7-/m1/s1. The van der Waals surface area contributed by atoms with Gasteiger partial charge in [-0.2, -0.15) is 26.8 Å². The van der Waals surface area contributed by atoms with Gasteiger partial charge in [0.25, 0.3) is 0 Å². The van der Waals surface area contributed by atoms with Crippen molar-refractivity contribution in [2.45, 2.75) is 24.8 Å². The first kappa shape index (κ1) is 27.4. The molecule has 0 spiro atoms. The third kappa shape index (κ3) is 6.83. The van der Waals surface area contributed by atoms with Gasteiger partial charge in [-0.15, -0.1) is 0 Å². The molecule has 1 aromatic rings. The second-order valence-corrected chi connectivity index (χ2v) is 10.6. The molecule has 3 unspecified atom stereocenters. The molecule has 1 fully saturated rings. The molecule has 184 valence electrons. The molecule has 23 heteroatoms. The molecule has 0 bridgehead atoms. The van der Waals surface area contributed by atoms with E-state index in [-0.39, 0.29) is 4.57 Å². The van der Waals surface area contributed by atoms with Gasteiger partial charge in [0.05, 0.1) is 0 Å². The van der Waals surface area contributed by atoms with Gasteiger partial charge < -0.3 is 35.2 Å². The van der Waals surface area contributed by atoms with Crippen LogP contribution in [0.1, 0.15) is 6.23 Å². The zero-order chi connectivity index (χ0) is 24.9. The van der Waals surface area contributed by atoms with Crippen molar-refractivity contribution in [1.82, 2.24) is 9.55 Å². The molecule has 0 saturated carbocycles. The van der Waals surface area contributed by atoms with E-state index in [1.165, 1.54) is 0 Å². The fourth-order valence-electron chi connectivity index (χ4n) is 2.39. The second-order valence-electron chi connectivity index (χ2n) is 5.81. The number of nitrogens with zero attached hydrogens (tertiary/aromatic N) is 2. The van der Waals surface area contributed by atoms with Gasteiger partial charge in [0, 0.05) is 6.20 Å². The number of rotatable bonds is 7. The summed E-state index contributed by atoms with van der Waals surface area (Å²) in [7, 11) is -17.7. The van der Waals surface area contributed by atoms with E-state index in [1.54, 1.807) is 0 Å². The minimum Gasteiger partial charge on any atom is -0.387 e. The van der Waals surface area contributed by atoms with Crippen LogP contribution >= 0.6 is 35.7 Å². The number of aromatic nitrogens is 2. The summed E-state index contributed by atoms with van der Waals surface area (Å²) in [5, 5.41) is 9.95. The predicted molar refractivity (Wildman–Crippen MR) is 91.8 cm³/mol. The highest BCUT2D eigenvalue weighted by Gasteiger charge is 2.60. The average Bonchev–Trinajstić information content (AvgIpc) is 2.83. The lowest BCUT2D eigenvalue weighted by molar-refractivity contribution is -0.211. The maximum Gasteiger partial charge on any atom is 0.490 e. The van der Waals surface area contributed by atoms with Crippen molar-refractivity contribution < 1.29 is 73.8 Å². The molecular formula is C9H12F4N3O12P3S. The number of aliphatic hydroxyl groups is 1. The van der Waals surface area contributed by atoms with E-state index in [0.29, 0.717) is 6.20 Å². The van der Waals surface area contributed by atoms with Crippen LogP contribution in [0.2, 0.25) is 0 Å². The monoisotopic (exact) mass is 555 g/mol. The Bertz CT molecular complexity index is 1080. The molecule has 2 heterocycles. The molecule has 0 aromatic carbocycles. The Morgan fingerprint density at radius 3 is 2.22 bits per heavy atom. The maximum atomic E-state index is 13.7. The van der Waals surface area contributed by atoms with Crippen molar-refractivity contribution in [2.75, 3.05) is 5.73 Å². The van der Waals surface area contributed by atoms with E-state index >= 15 is 0 Å². The number of halogens is 4. The predicted octanol–water partition coefficient (Wildman–Crippen LogP) is 1.07. The van der Waals surface area contributed by atoms with Gasteiger partial charge in [0.15, 0.2) is 24.2 Å². The first-order valence-corrected chi connectivity index (χ1v) is 12.4. The third-order valence-electron chi connectivity index (χ3n) is 3.47. The number of phosphoric acid groups is 3. The highest BCUT2D eigenvalue weighted by atomic mass is 32.1. The molecule has 2 rings (SSSR count). The fourth-order valence-corrected chi connectivity index (χ4v) is 5.74. The van der Waals surface area contributed by atoms with Crippen LogP contribution in [0.4, 0.5) is 23.4 Å². The van der Waals surface area contributed by atoms with E-state index in [1.807, 2.05) is 0 Å². The lowest BCUT2D eigenvalue weighted by Crippen LogP contribution is -2.38. The van der Waals surface area contributed by atoms with E-state index < -0.39 is 70.6 Å². The number of aliphatic hydroxyl groups excluding tert-OH is 1. The molecule has 15 nitrogen and oxygen atoms in total. The van der Waals surface area contributed by atoms with Gasteiger partial charge in [0.1, 0.15) is 12.0 Å². The highest BCUT2D eigenvalue weighted by Crippen LogP contribution is 2.67. The molecule has 6 atom stereocenters. The van der Waals surface area contributed by atoms with Gasteiger partial charge in [-0.1, -0.05) is 0 Å². The summed E-state index contributed by atoms with van der Waals surface area (Å²) in [6, 6.07) is 0. The highest BCUT2D eigenvalue weighted by molar-refractivity contribution is 7.71. The number of anilines is 1. The number of nitrogens with two attached hydrogens (primary N) is 1. The molecule has 1 aromatic heterocycles. The Morgan fingerprint density at radius 2 is 1.72 bits per heavy atom.